The molecule has 2 aromatic carbocycles. The van der Waals surface area contributed by atoms with Gasteiger partial charge in [-0.3, -0.25) is 24.1 Å². The van der Waals surface area contributed by atoms with Gasteiger partial charge in [-0.2, -0.15) is 13.2 Å². The lowest BCUT2D eigenvalue weighted by Crippen LogP contribution is -2.42. The fourth-order valence-corrected chi connectivity index (χ4v) is 10.6. The largest absolute Gasteiger partial charge is 0.504 e. The topological polar surface area (TPSA) is 129 Å². The lowest BCUT2D eigenvalue weighted by atomic mass is 9.68. The number of hydrogen-bond acceptors (Lipinski definition) is 8. The number of amides is 3. The Balaban J connectivity index is 1.17. The molecule has 3 heterocycles. The number of fused-ring (bicyclic) bond motifs is 9. The summed E-state index contributed by atoms with van der Waals surface area (Å²) >= 11 is 2.63. The number of phenols is 1. The number of carbonyl (C=O) groups is 3. The molecule has 4 aliphatic rings. The molecular formula is C30H26F3N3O6S2. The summed E-state index contributed by atoms with van der Waals surface area (Å²) in [5.74, 6) is -3.37. The van der Waals surface area contributed by atoms with Crippen LogP contribution in [0.25, 0.3) is 0 Å². The smallest absolute Gasteiger partial charge is 0.416 e. The number of H-pyrrole nitrogens is 1. The summed E-state index contributed by atoms with van der Waals surface area (Å²) in [5.41, 5.74) is -0.188. The summed E-state index contributed by atoms with van der Waals surface area (Å²) in [5, 5.41) is 13.4. The van der Waals surface area contributed by atoms with Gasteiger partial charge >= 0.3 is 11.0 Å². The highest BCUT2D eigenvalue weighted by atomic mass is 32.2. The molecule has 2 saturated carbocycles. The van der Waals surface area contributed by atoms with Gasteiger partial charge in [0.2, 0.25) is 17.7 Å². The van der Waals surface area contributed by atoms with Crippen molar-refractivity contribution < 1.29 is 37.4 Å². The van der Waals surface area contributed by atoms with Gasteiger partial charge in [0.15, 0.2) is 11.5 Å². The Labute approximate surface area is 256 Å². The van der Waals surface area contributed by atoms with Gasteiger partial charge in [0.25, 0.3) is 0 Å². The van der Waals surface area contributed by atoms with E-state index < -0.39 is 47.8 Å². The van der Waals surface area contributed by atoms with E-state index in [1.807, 2.05) is 0 Å². The number of imide groups is 1. The van der Waals surface area contributed by atoms with Gasteiger partial charge < -0.3 is 20.1 Å². The van der Waals surface area contributed by atoms with Gasteiger partial charge in [0.05, 0.1) is 29.0 Å². The molecule has 2 bridgehead atoms. The maximum absolute atomic E-state index is 13.8. The van der Waals surface area contributed by atoms with E-state index >= 15 is 0 Å². The Hall–Kier alpha value is -3.78. The number of likely N-dealkylation sites (tertiary alicyclic amines) is 1. The van der Waals surface area contributed by atoms with Crippen molar-refractivity contribution in [2.24, 2.45) is 29.6 Å². The third-order valence-electron chi connectivity index (χ3n) is 9.23. The first-order chi connectivity index (χ1) is 21.0. The lowest BCUT2D eigenvalue weighted by molar-refractivity contribution is -0.143. The van der Waals surface area contributed by atoms with Crippen molar-refractivity contribution in [1.82, 2.24) is 9.88 Å². The molecule has 0 spiro atoms. The molecule has 7 atom stereocenters. The number of thioether (sulfide) groups is 1. The van der Waals surface area contributed by atoms with Gasteiger partial charge in [-0.1, -0.05) is 23.5 Å². The van der Waals surface area contributed by atoms with Crippen molar-refractivity contribution in [2.45, 2.75) is 35.7 Å². The molecular weight excluding hydrogens is 619 g/mol. The quantitative estimate of drug-likeness (QED) is 0.333. The second-order valence-corrected chi connectivity index (χ2v) is 13.7. The number of carbonyl (C=O) groups excluding carboxylic acids is 3. The highest BCUT2D eigenvalue weighted by molar-refractivity contribution is 8.00. The minimum atomic E-state index is -4.59. The number of benzene rings is 2. The number of thiazole rings is 1. The molecule has 1 aromatic heterocycles. The van der Waals surface area contributed by atoms with Crippen LogP contribution in [0.1, 0.15) is 35.3 Å². The molecule has 7 rings (SSSR count). The zero-order valence-corrected chi connectivity index (χ0v) is 24.7. The summed E-state index contributed by atoms with van der Waals surface area (Å²) in [6, 6.07) is 9.26. The highest BCUT2D eigenvalue weighted by Crippen LogP contribution is 2.68. The molecule has 1 saturated heterocycles. The second-order valence-electron chi connectivity index (χ2n) is 11.5. The van der Waals surface area contributed by atoms with Crippen LogP contribution in [-0.4, -0.2) is 51.1 Å². The maximum atomic E-state index is 13.8. The number of phenolic OH excluding ortho intramolecular Hbond substituents is 1. The molecule has 14 heteroatoms. The lowest BCUT2D eigenvalue weighted by Gasteiger charge is -2.43. The Morgan fingerprint density at radius 3 is 2.59 bits per heavy atom. The SMILES string of the molecule is CCOc1cc(C2c3sc(=O)[nH]c3SC3C4CC(C5C(=O)N(CC(=O)Nc6cccc(C(F)(F)F)c6)C(=O)C45)C23)ccc1O. The predicted octanol–water partition coefficient (Wildman–Crippen LogP) is 4.67. The van der Waals surface area contributed by atoms with Crippen LogP contribution in [0.4, 0.5) is 18.9 Å². The van der Waals surface area contributed by atoms with Crippen molar-refractivity contribution in [3.8, 4) is 11.5 Å². The first kappa shape index (κ1) is 29.0. The van der Waals surface area contributed by atoms with Crippen molar-refractivity contribution in [3.63, 3.8) is 0 Å². The Kier molecular flexibility index (Phi) is 6.85. The molecule has 44 heavy (non-hydrogen) atoms. The van der Waals surface area contributed by atoms with E-state index in [-0.39, 0.29) is 45.2 Å². The van der Waals surface area contributed by atoms with Gasteiger partial charge in [0, 0.05) is 21.7 Å². The van der Waals surface area contributed by atoms with E-state index in [1.54, 1.807) is 25.1 Å². The monoisotopic (exact) mass is 645 g/mol. The van der Waals surface area contributed by atoms with Crippen LogP contribution in [-0.2, 0) is 20.6 Å². The van der Waals surface area contributed by atoms with E-state index in [1.165, 1.54) is 23.9 Å². The molecule has 3 amide bonds. The van der Waals surface area contributed by atoms with Crippen molar-refractivity contribution in [2.75, 3.05) is 18.5 Å². The summed E-state index contributed by atoms with van der Waals surface area (Å²) in [6.45, 7) is 1.55. The van der Waals surface area contributed by atoms with E-state index in [0.29, 0.717) is 18.8 Å². The summed E-state index contributed by atoms with van der Waals surface area (Å²) in [6.07, 6.45) is -3.95. The zero-order chi connectivity index (χ0) is 31.1. The minimum Gasteiger partial charge on any atom is -0.504 e. The van der Waals surface area contributed by atoms with Crippen LogP contribution in [0.15, 0.2) is 52.3 Å². The number of nitrogens with one attached hydrogen (secondary N) is 2. The second kappa shape index (κ2) is 10.4. The molecule has 7 unspecified atom stereocenters. The number of nitrogens with zero attached hydrogens (tertiary/aromatic N) is 1. The van der Waals surface area contributed by atoms with Gasteiger partial charge in [-0.25, -0.2) is 0 Å². The van der Waals surface area contributed by atoms with E-state index in [4.69, 9.17) is 4.74 Å². The number of aromatic amines is 1. The van der Waals surface area contributed by atoms with Crippen LogP contribution in [0.5, 0.6) is 11.5 Å². The fraction of sp³-hybridized carbons (Fsp3) is 0.400. The summed E-state index contributed by atoms with van der Waals surface area (Å²) < 4.78 is 45.0. The van der Waals surface area contributed by atoms with E-state index in [0.717, 1.165) is 43.8 Å². The predicted molar refractivity (Wildman–Crippen MR) is 155 cm³/mol. The molecule has 3 fully saturated rings. The third kappa shape index (κ3) is 4.52. The molecule has 3 N–H and O–H groups in total. The molecule has 9 nitrogen and oxygen atoms in total. The van der Waals surface area contributed by atoms with Crippen LogP contribution in [0, 0.1) is 29.6 Å². The van der Waals surface area contributed by atoms with Gasteiger partial charge in [-0.05, 0) is 67.0 Å². The number of anilines is 1. The number of alkyl halides is 3. The molecule has 2 aliphatic heterocycles. The number of aromatic hydroxyl groups is 1. The van der Waals surface area contributed by atoms with E-state index in [9.17, 15) is 37.5 Å². The minimum absolute atomic E-state index is 0.0107. The van der Waals surface area contributed by atoms with Crippen LogP contribution >= 0.6 is 23.1 Å². The zero-order valence-electron chi connectivity index (χ0n) is 23.1. The van der Waals surface area contributed by atoms with Crippen molar-refractivity contribution >= 4 is 46.5 Å². The third-order valence-corrected chi connectivity index (χ3v) is 11.8. The standard InChI is InChI=1S/C30H26F3N3O6S2/c1-2-42-18-8-12(6-7-17(18)37)20-21-15-10-16(24(21)43-26-25(20)44-29(41)35-26)23-22(15)27(39)36(28(23)40)11-19(38)34-14-5-3-4-13(9-14)30(31,32)33/h3-9,15-16,20-24,37H,2,10-11H2,1H3,(H,34,38)(H,35,41). The normalized spacial score (nSPS) is 28.5. The Morgan fingerprint density at radius 2 is 1.86 bits per heavy atom. The number of aromatic nitrogens is 1. The maximum Gasteiger partial charge on any atom is 0.416 e. The fourth-order valence-electron chi connectivity index (χ4n) is 7.72. The van der Waals surface area contributed by atoms with Crippen LogP contribution in [0.2, 0.25) is 0 Å². The Morgan fingerprint density at radius 1 is 1.11 bits per heavy atom. The first-order valence-corrected chi connectivity index (χ1v) is 15.8. The number of hydrogen-bond donors (Lipinski definition) is 3. The highest BCUT2D eigenvalue weighted by Gasteiger charge is 2.69. The molecule has 230 valence electrons. The molecule has 2 aliphatic carbocycles. The van der Waals surface area contributed by atoms with E-state index in [2.05, 4.69) is 10.3 Å². The molecule has 0 radical (unpaired) electrons. The summed E-state index contributed by atoms with van der Waals surface area (Å²) in [4.78, 5) is 57.3. The van der Waals surface area contributed by atoms with Crippen molar-refractivity contribution in [3.05, 3.63) is 68.1 Å². The number of ether oxygens (including phenoxy) is 1. The number of halogens is 3. The number of rotatable bonds is 6. The van der Waals surface area contributed by atoms with Crippen LogP contribution in [0.3, 0.4) is 0 Å². The molecule has 3 aromatic rings. The summed E-state index contributed by atoms with van der Waals surface area (Å²) in [7, 11) is 0. The first-order valence-electron chi connectivity index (χ1n) is 14.1. The Bertz CT molecular complexity index is 1760. The average molecular weight is 646 g/mol. The van der Waals surface area contributed by atoms with Gasteiger partial charge in [0.1, 0.15) is 6.54 Å². The average Bonchev–Trinajstić information content (AvgIpc) is 3.70. The van der Waals surface area contributed by atoms with Crippen LogP contribution < -0.4 is 14.9 Å². The van der Waals surface area contributed by atoms with Crippen molar-refractivity contribution in [1.29, 1.82) is 0 Å². The van der Waals surface area contributed by atoms with Gasteiger partial charge in [-0.15, -0.1) is 11.8 Å².